The van der Waals surface area contributed by atoms with E-state index in [1.807, 2.05) is 0 Å². The summed E-state index contributed by atoms with van der Waals surface area (Å²) in [6.07, 6.45) is 6.44. The summed E-state index contributed by atoms with van der Waals surface area (Å²) in [5.41, 5.74) is 0.341. The molecule has 1 aromatic heterocycles. The molecular weight excluding hydrogens is 360 g/mol. The molecule has 0 unspecified atom stereocenters. The first-order chi connectivity index (χ1) is 13.5. The SMILES string of the molecule is COc1ccc(-c2cc(C(=O)O)cn(CC(=O)NC3CCCCC3)c2=O)cc1. The molecule has 1 aliphatic rings. The van der Waals surface area contributed by atoms with Gasteiger partial charge in [0.15, 0.2) is 0 Å². The smallest absolute Gasteiger partial charge is 0.337 e. The van der Waals surface area contributed by atoms with Crippen LogP contribution < -0.4 is 15.6 Å². The number of rotatable bonds is 6. The average molecular weight is 384 g/mol. The zero-order valence-electron chi connectivity index (χ0n) is 15.8. The minimum atomic E-state index is -1.16. The molecule has 28 heavy (non-hydrogen) atoms. The number of pyridine rings is 1. The maximum absolute atomic E-state index is 12.9. The fourth-order valence-corrected chi connectivity index (χ4v) is 3.52. The lowest BCUT2D eigenvalue weighted by Crippen LogP contribution is -2.40. The molecule has 148 valence electrons. The van der Waals surface area contributed by atoms with Crippen molar-refractivity contribution < 1.29 is 19.4 Å². The van der Waals surface area contributed by atoms with E-state index in [4.69, 9.17) is 4.74 Å². The van der Waals surface area contributed by atoms with Gasteiger partial charge in [-0.25, -0.2) is 4.79 Å². The van der Waals surface area contributed by atoms with E-state index < -0.39 is 11.5 Å². The van der Waals surface area contributed by atoms with E-state index in [0.29, 0.717) is 11.3 Å². The number of hydrogen-bond acceptors (Lipinski definition) is 4. The Morgan fingerprint density at radius 2 is 1.86 bits per heavy atom. The number of nitrogens with one attached hydrogen (secondary N) is 1. The molecule has 0 atom stereocenters. The third kappa shape index (κ3) is 4.60. The van der Waals surface area contributed by atoms with Gasteiger partial charge < -0.3 is 19.7 Å². The fourth-order valence-electron chi connectivity index (χ4n) is 3.52. The van der Waals surface area contributed by atoms with Crippen molar-refractivity contribution in [2.24, 2.45) is 0 Å². The molecule has 2 N–H and O–H groups in total. The van der Waals surface area contributed by atoms with Crippen LogP contribution in [0, 0.1) is 0 Å². The van der Waals surface area contributed by atoms with Crippen LogP contribution in [0.1, 0.15) is 42.5 Å². The second-order valence-electron chi connectivity index (χ2n) is 7.01. The first-order valence-electron chi connectivity index (χ1n) is 9.39. The molecule has 1 saturated carbocycles. The van der Waals surface area contributed by atoms with Crippen LogP contribution in [0.3, 0.4) is 0 Å². The van der Waals surface area contributed by atoms with Crippen LogP contribution in [0.15, 0.2) is 41.3 Å². The van der Waals surface area contributed by atoms with E-state index in [-0.39, 0.29) is 29.6 Å². The van der Waals surface area contributed by atoms with Crippen molar-refractivity contribution in [3.8, 4) is 16.9 Å². The average Bonchev–Trinajstić information content (AvgIpc) is 2.70. The fraction of sp³-hybridized carbons (Fsp3) is 0.381. The second-order valence-corrected chi connectivity index (χ2v) is 7.01. The third-order valence-electron chi connectivity index (χ3n) is 5.02. The number of carbonyl (C=O) groups is 2. The second kappa shape index (κ2) is 8.73. The van der Waals surface area contributed by atoms with Crippen molar-refractivity contribution in [2.45, 2.75) is 44.7 Å². The topological polar surface area (TPSA) is 97.6 Å². The summed E-state index contributed by atoms with van der Waals surface area (Å²) in [5.74, 6) is -0.807. The van der Waals surface area contributed by atoms with Gasteiger partial charge in [0.25, 0.3) is 5.56 Å². The van der Waals surface area contributed by atoms with E-state index in [1.54, 1.807) is 24.3 Å². The van der Waals surface area contributed by atoms with E-state index >= 15 is 0 Å². The number of benzene rings is 1. The van der Waals surface area contributed by atoms with Crippen molar-refractivity contribution in [1.29, 1.82) is 0 Å². The molecular formula is C21H24N2O5. The van der Waals surface area contributed by atoms with Crippen LogP contribution in [-0.4, -0.2) is 34.7 Å². The predicted molar refractivity (Wildman–Crippen MR) is 105 cm³/mol. The van der Waals surface area contributed by atoms with Crippen molar-refractivity contribution >= 4 is 11.9 Å². The molecule has 2 aromatic rings. The number of aromatic nitrogens is 1. The van der Waals surface area contributed by atoms with Crippen molar-refractivity contribution in [3.63, 3.8) is 0 Å². The molecule has 0 radical (unpaired) electrons. The van der Waals surface area contributed by atoms with Crippen LogP contribution in [0.2, 0.25) is 0 Å². The van der Waals surface area contributed by atoms with Gasteiger partial charge in [0.1, 0.15) is 12.3 Å². The van der Waals surface area contributed by atoms with E-state index in [2.05, 4.69) is 5.32 Å². The maximum Gasteiger partial charge on any atom is 0.337 e. The van der Waals surface area contributed by atoms with Gasteiger partial charge in [-0.05, 0) is 36.6 Å². The number of aromatic carboxylic acids is 1. The molecule has 7 heteroatoms. The number of carboxylic acids is 1. The summed E-state index contributed by atoms with van der Waals surface area (Å²) in [6, 6.07) is 8.23. The van der Waals surface area contributed by atoms with Gasteiger partial charge in [0, 0.05) is 17.8 Å². The number of methoxy groups -OCH3 is 1. The molecule has 0 aliphatic heterocycles. The highest BCUT2D eigenvalue weighted by atomic mass is 16.5. The zero-order valence-corrected chi connectivity index (χ0v) is 15.8. The van der Waals surface area contributed by atoms with E-state index in [0.717, 1.165) is 25.7 Å². The van der Waals surface area contributed by atoms with Gasteiger partial charge in [-0.2, -0.15) is 0 Å². The maximum atomic E-state index is 12.9. The molecule has 1 amide bonds. The first-order valence-corrected chi connectivity index (χ1v) is 9.39. The highest BCUT2D eigenvalue weighted by molar-refractivity contribution is 5.89. The lowest BCUT2D eigenvalue weighted by molar-refractivity contribution is -0.122. The number of amides is 1. The number of ether oxygens (including phenoxy) is 1. The highest BCUT2D eigenvalue weighted by Crippen LogP contribution is 2.21. The Kier molecular flexibility index (Phi) is 6.13. The first kappa shape index (κ1) is 19.7. The van der Waals surface area contributed by atoms with E-state index in [9.17, 15) is 19.5 Å². The van der Waals surface area contributed by atoms with Gasteiger partial charge in [-0.15, -0.1) is 0 Å². The Labute approximate surface area is 163 Å². The Bertz CT molecular complexity index is 911. The monoisotopic (exact) mass is 384 g/mol. The quantitative estimate of drug-likeness (QED) is 0.798. The molecule has 0 saturated heterocycles. The van der Waals surface area contributed by atoms with Crippen molar-refractivity contribution in [2.75, 3.05) is 7.11 Å². The van der Waals surface area contributed by atoms with Crippen LogP contribution >= 0.6 is 0 Å². The summed E-state index contributed by atoms with van der Waals surface area (Å²) < 4.78 is 6.28. The van der Waals surface area contributed by atoms with Crippen molar-refractivity contribution in [3.05, 3.63) is 52.4 Å². The summed E-state index contributed by atoms with van der Waals surface area (Å²) in [4.78, 5) is 36.8. The van der Waals surface area contributed by atoms with Crippen LogP contribution in [0.5, 0.6) is 5.75 Å². The zero-order chi connectivity index (χ0) is 20.1. The Morgan fingerprint density at radius 3 is 2.46 bits per heavy atom. The van der Waals surface area contributed by atoms with Crippen LogP contribution in [0.25, 0.3) is 11.1 Å². The number of carbonyl (C=O) groups excluding carboxylic acids is 1. The van der Waals surface area contributed by atoms with Gasteiger partial charge in [-0.1, -0.05) is 31.4 Å². The standard InChI is InChI=1S/C21H24N2O5/c1-28-17-9-7-14(8-10-17)18-11-15(21(26)27)12-23(20(18)25)13-19(24)22-16-5-3-2-4-6-16/h7-12,16H,2-6,13H2,1H3,(H,22,24)(H,26,27). The Hall–Kier alpha value is -3.09. The molecule has 7 nitrogen and oxygen atoms in total. The summed E-state index contributed by atoms with van der Waals surface area (Å²) in [7, 11) is 1.54. The summed E-state index contributed by atoms with van der Waals surface area (Å²) in [6.45, 7) is -0.209. The summed E-state index contributed by atoms with van der Waals surface area (Å²) in [5, 5.41) is 12.4. The normalized spacial score (nSPS) is 14.5. The molecule has 0 bridgehead atoms. The summed E-state index contributed by atoms with van der Waals surface area (Å²) >= 11 is 0. The molecule has 1 heterocycles. The highest BCUT2D eigenvalue weighted by Gasteiger charge is 2.18. The molecule has 1 aromatic carbocycles. The number of hydrogen-bond donors (Lipinski definition) is 2. The van der Waals surface area contributed by atoms with E-state index in [1.165, 1.54) is 30.4 Å². The minimum Gasteiger partial charge on any atom is -0.497 e. The van der Waals surface area contributed by atoms with Crippen LogP contribution in [-0.2, 0) is 11.3 Å². The number of carboxylic acid groups (broad SMARTS) is 1. The lowest BCUT2D eigenvalue weighted by Gasteiger charge is -2.23. The Balaban J connectivity index is 1.89. The predicted octanol–water partition coefficient (Wildman–Crippen LogP) is 2.67. The minimum absolute atomic E-state index is 0.0455. The lowest BCUT2D eigenvalue weighted by atomic mass is 9.95. The third-order valence-corrected chi connectivity index (χ3v) is 5.02. The van der Waals surface area contributed by atoms with Gasteiger partial charge >= 0.3 is 5.97 Å². The molecule has 3 rings (SSSR count). The van der Waals surface area contributed by atoms with Crippen molar-refractivity contribution in [1.82, 2.24) is 9.88 Å². The molecule has 1 fully saturated rings. The molecule has 0 spiro atoms. The Morgan fingerprint density at radius 1 is 1.18 bits per heavy atom. The van der Waals surface area contributed by atoms with Crippen LogP contribution in [0.4, 0.5) is 0 Å². The van der Waals surface area contributed by atoms with Gasteiger partial charge in [-0.3, -0.25) is 9.59 Å². The van der Waals surface area contributed by atoms with Gasteiger partial charge in [0.05, 0.1) is 12.7 Å². The molecule has 1 aliphatic carbocycles. The van der Waals surface area contributed by atoms with Gasteiger partial charge in [0.2, 0.25) is 5.91 Å². The largest absolute Gasteiger partial charge is 0.497 e. The number of nitrogens with zero attached hydrogens (tertiary/aromatic N) is 1.